The lowest BCUT2D eigenvalue weighted by Gasteiger charge is -2.31. The standard InChI is InChI=1S/C26H25Cl2FN2O2S/c1-30-26(33)24(14-18-6-3-2-4-7-18)31(15-19-10-12-20(29)13-11-19)25(32)17-34-16-21-22(27)8-5-9-23(21)28/h2-13,24H,14-17H2,1H3,(H,30,33)/t24-/m1/s1. The number of amides is 2. The SMILES string of the molecule is CNC(=O)[C@@H](Cc1ccccc1)N(Cc1ccc(F)cc1)C(=O)CSCc1c(Cl)cccc1Cl. The normalized spacial score (nSPS) is 11.6. The number of nitrogens with one attached hydrogen (secondary N) is 1. The molecule has 4 nitrogen and oxygen atoms in total. The van der Waals surface area contributed by atoms with E-state index in [-0.39, 0.29) is 29.9 Å². The zero-order chi connectivity index (χ0) is 24.5. The second kappa shape index (κ2) is 12.8. The van der Waals surface area contributed by atoms with Gasteiger partial charge in [-0.15, -0.1) is 11.8 Å². The molecular weight excluding hydrogens is 494 g/mol. The quantitative estimate of drug-likeness (QED) is 0.371. The molecule has 0 bridgehead atoms. The Bertz CT molecular complexity index is 1090. The molecule has 0 saturated carbocycles. The van der Waals surface area contributed by atoms with Crippen LogP contribution in [0.15, 0.2) is 72.8 Å². The lowest BCUT2D eigenvalue weighted by molar-refractivity contribution is -0.139. The van der Waals surface area contributed by atoms with E-state index in [2.05, 4.69) is 5.32 Å². The van der Waals surface area contributed by atoms with Crippen LogP contribution in [0.5, 0.6) is 0 Å². The number of likely N-dealkylation sites (N-methyl/N-ethyl adjacent to an activating group) is 1. The summed E-state index contributed by atoms with van der Waals surface area (Å²) in [6.07, 6.45) is 0.356. The highest BCUT2D eigenvalue weighted by molar-refractivity contribution is 7.99. The van der Waals surface area contributed by atoms with Gasteiger partial charge in [-0.05, 0) is 41.0 Å². The van der Waals surface area contributed by atoms with Gasteiger partial charge in [0.25, 0.3) is 0 Å². The van der Waals surface area contributed by atoms with Crippen LogP contribution >= 0.6 is 35.0 Å². The fourth-order valence-corrected chi connectivity index (χ4v) is 5.15. The van der Waals surface area contributed by atoms with Crippen LogP contribution < -0.4 is 5.32 Å². The summed E-state index contributed by atoms with van der Waals surface area (Å²) < 4.78 is 13.4. The Morgan fingerprint density at radius 1 is 0.941 bits per heavy atom. The number of benzene rings is 3. The van der Waals surface area contributed by atoms with Crippen molar-refractivity contribution < 1.29 is 14.0 Å². The molecule has 3 aromatic rings. The van der Waals surface area contributed by atoms with E-state index in [0.29, 0.717) is 22.2 Å². The zero-order valence-corrected chi connectivity index (χ0v) is 21.0. The third-order valence-electron chi connectivity index (χ3n) is 5.32. The van der Waals surface area contributed by atoms with E-state index in [4.69, 9.17) is 23.2 Å². The number of rotatable bonds is 10. The summed E-state index contributed by atoms with van der Waals surface area (Å²) in [7, 11) is 1.55. The van der Waals surface area contributed by atoms with Crippen LogP contribution in [0.4, 0.5) is 4.39 Å². The largest absolute Gasteiger partial charge is 0.357 e. The van der Waals surface area contributed by atoms with Crippen LogP contribution in [-0.2, 0) is 28.3 Å². The maximum Gasteiger partial charge on any atom is 0.242 e. The Labute approximate surface area is 213 Å². The average Bonchev–Trinajstić information content (AvgIpc) is 2.84. The van der Waals surface area contributed by atoms with Gasteiger partial charge in [-0.1, -0.05) is 71.7 Å². The van der Waals surface area contributed by atoms with Crippen molar-refractivity contribution in [3.05, 3.63) is 105 Å². The summed E-state index contributed by atoms with van der Waals surface area (Å²) in [6.45, 7) is 0.178. The topological polar surface area (TPSA) is 49.4 Å². The zero-order valence-electron chi connectivity index (χ0n) is 18.6. The molecule has 2 amide bonds. The predicted octanol–water partition coefficient (Wildman–Crippen LogP) is 5.75. The van der Waals surface area contributed by atoms with E-state index in [1.807, 2.05) is 30.3 Å². The molecule has 1 N–H and O–H groups in total. The van der Waals surface area contributed by atoms with Crippen molar-refractivity contribution in [2.75, 3.05) is 12.8 Å². The molecule has 0 aromatic heterocycles. The summed E-state index contributed by atoms with van der Waals surface area (Å²) in [4.78, 5) is 27.9. The molecule has 0 aliphatic carbocycles. The number of carbonyl (C=O) groups is 2. The lowest BCUT2D eigenvalue weighted by atomic mass is 10.0. The van der Waals surface area contributed by atoms with Crippen LogP contribution in [0.2, 0.25) is 10.0 Å². The first-order valence-electron chi connectivity index (χ1n) is 10.7. The summed E-state index contributed by atoms with van der Waals surface area (Å²) >= 11 is 13.9. The minimum atomic E-state index is -0.727. The minimum absolute atomic E-state index is 0.130. The molecule has 0 saturated heterocycles. The predicted molar refractivity (Wildman–Crippen MR) is 138 cm³/mol. The molecule has 0 radical (unpaired) electrons. The van der Waals surface area contributed by atoms with Crippen LogP contribution in [-0.4, -0.2) is 35.6 Å². The van der Waals surface area contributed by atoms with Crippen LogP contribution in [0.3, 0.4) is 0 Å². The summed E-state index contributed by atoms with van der Waals surface area (Å²) in [6, 6.07) is 20.0. The van der Waals surface area contributed by atoms with Gasteiger partial charge in [0.2, 0.25) is 11.8 Å². The molecule has 34 heavy (non-hydrogen) atoms. The average molecular weight is 519 g/mol. The molecule has 0 aliphatic rings. The number of carbonyl (C=O) groups excluding carboxylic acids is 2. The molecule has 178 valence electrons. The Morgan fingerprint density at radius 2 is 1.59 bits per heavy atom. The Balaban J connectivity index is 1.82. The van der Waals surface area contributed by atoms with Gasteiger partial charge in [0.1, 0.15) is 11.9 Å². The van der Waals surface area contributed by atoms with E-state index in [0.717, 1.165) is 16.7 Å². The van der Waals surface area contributed by atoms with Crippen molar-refractivity contribution in [2.24, 2.45) is 0 Å². The Hall–Kier alpha value is -2.54. The van der Waals surface area contributed by atoms with Gasteiger partial charge in [-0.3, -0.25) is 9.59 Å². The third kappa shape index (κ3) is 7.23. The fraction of sp³-hybridized carbons (Fsp3) is 0.231. The van der Waals surface area contributed by atoms with Crippen LogP contribution in [0, 0.1) is 5.82 Å². The van der Waals surface area contributed by atoms with E-state index < -0.39 is 6.04 Å². The third-order valence-corrected chi connectivity index (χ3v) is 6.97. The molecule has 0 unspecified atom stereocenters. The molecule has 0 fully saturated rings. The summed E-state index contributed by atoms with van der Waals surface area (Å²) in [5.41, 5.74) is 2.43. The molecule has 8 heteroatoms. The highest BCUT2D eigenvalue weighted by atomic mass is 35.5. The molecule has 3 rings (SSSR count). The first-order valence-corrected chi connectivity index (χ1v) is 12.6. The molecule has 0 heterocycles. The number of hydrogen-bond acceptors (Lipinski definition) is 3. The van der Waals surface area contributed by atoms with Gasteiger partial charge < -0.3 is 10.2 Å². The number of halogens is 3. The van der Waals surface area contributed by atoms with Crippen molar-refractivity contribution in [1.82, 2.24) is 10.2 Å². The smallest absolute Gasteiger partial charge is 0.242 e. The molecular formula is C26H25Cl2FN2O2S. The van der Waals surface area contributed by atoms with E-state index in [9.17, 15) is 14.0 Å². The number of nitrogens with zero attached hydrogens (tertiary/aromatic N) is 1. The van der Waals surface area contributed by atoms with E-state index in [1.54, 1.807) is 42.3 Å². The second-order valence-corrected chi connectivity index (χ2v) is 9.46. The van der Waals surface area contributed by atoms with Crippen LogP contribution in [0.25, 0.3) is 0 Å². The minimum Gasteiger partial charge on any atom is -0.357 e. The van der Waals surface area contributed by atoms with Crippen molar-refractivity contribution in [1.29, 1.82) is 0 Å². The van der Waals surface area contributed by atoms with Gasteiger partial charge >= 0.3 is 0 Å². The molecule has 3 aromatic carbocycles. The highest BCUT2D eigenvalue weighted by Gasteiger charge is 2.29. The van der Waals surface area contributed by atoms with Crippen LogP contribution in [0.1, 0.15) is 16.7 Å². The molecule has 1 atom stereocenters. The Morgan fingerprint density at radius 3 is 2.21 bits per heavy atom. The lowest BCUT2D eigenvalue weighted by Crippen LogP contribution is -2.50. The number of thioether (sulfide) groups is 1. The highest BCUT2D eigenvalue weighted by Crippen LogP contribution is 2.28. The molecule has 0 spiro atoms. The Kier molecular flexibility index (Phi) is 9.81. The van der Waals surface area contributed by atoms with Gasteiger partial charge in [-0.25, -0.2) is 4.39 Å². The van der Waals surface area contributed by atoms with E-state index >= 15 is 0 Å². The van der Waals surface area contributed by atoms with Gasteiger partial charge in [-0.2, -0.15) is 0 Å². The molecule has 0 aliphatic heterocycles. The van der Waals surface area contributed by atoms with Crippen molar-refractivity contribution >= 4 is 46.8 Å². The second-order valence-electron chi connectivity index (χ2n) is 7.66. The van der Waals surface area contributed by atoms with Gasteiger partial charge in [0.15, 0.2) is 0 Å². The maximum absolute atomic E-state index is 13.4. The van der Waals surface area contributed by atoms with Gasteiger partial charge in [0, 0.05) is 35.8 Å². The van der Waals surface area contributed by atoms with Crippen molar-refractivity contribution in [2.45, 2.75) is 24.8 Å². The fourth-order valence-electron chi connectivity index (χ4n) is 3.50. The first-order chi connectivity index (χ1) is 16.4. The van der Waals surface area contributed by atoms with E-state index in [1.165, 1.54) is 23.9 Å². The van der Waals surface area contributed by atoms with Gasteiger partial charge in [0.05, 0.1) is 5.75 Å². The first kappa shape index (κ1) is 26.1. The maximum atomic E-state index is 13.4. The summed E-state index contributed by atoms with van der Waals surface area (Å²) in [5.74, 6) is -0.246. The van der Waals surface area contributed by atoms with Crippen molar-refractivity contribution in [3.63, 3.8) is 0 Å². The monoisotopic (exact) mass is 518 g/mol. The summed E-state index contributed by atoms with van der Waals surface area (Å²) in [5, 5.41) is 3.77. The van der Waals surface area contributed by atoms with Crippen molar-refractivity contribution in [3.8, 4) is 0 Å². The number of hydrogen-bond donors (Lipinski definition) is 1.